The maximum atomic E-state index is 13.2. The maximum absolute atomic E-state index is 13.2. The molecule has 3 fully saturated rings. The largest absolute Gasteiger partial charge is 0.485 e. The van der Waals surface area contributed by atoms with Crippen molar-refractivity contribution in [3.05, 3.63) is 71.3 Å². The van der Waals surface area contributed by atoms with Crippen molar-refractivity contribution in [3.8, 4) is 5.75 Å². The highest BCUT2D eigenvalue weighted by molar-refractivity contribution is 6.30. The average Bonchev–Trinajstić information content (AvgIpc) is 3.56. The molecule has 0 unspecified atom stereocenters. The average molecular weight is 434 g/mol. The van der Waals surface area contributed by atoms with Crippen LogP contribution in [0.3, 0.4) is 0 Å². The zero-order valence-corrected chi connectivity index (χ0v) is 17.4. The van der Waals surface area contributed by atoms with Crippen molar-refractivity contribution >= 4 is 34.9 Å². The quantitative estimate of drug-likeness (QED) is 0.403. The Morgan fingerprint density at radius 1 is 0.903 bits per heavy atom. The van der Waals surface area contributed by atoms with Crippen molar-refractivity contribution in [1.29, 1.82) is 0 Å². The number of amides is 2. The molecule has 156 valence electrons. The molecule has 2 saturated carbocycles. The number of carbonyl (C=O) groups is 3. The number of imide groups is 1. The summed E-state index contributed by atoms with van der Waals surface area (Å²) in [5.74, 6) is 1.37. The minimum atomic E-state index is -0.209. The Bertz CT molecular complexity index is 1090. The van der Waals surface area contributed by atoms with Crippen LogP contribution in [-0.2, 0) is 9.59 Å². The van der Waals surface area contributed by atoms with Gasteiger partial charge in [-0.15, -0.1) is 0 Å². The standard InChI is InChI=1S/C25H20ClNO4/c26-14-3-1-13(2-4-14)21(28)12-31-16-7-5-15(6-8-16)27-24(29)22-17-9-10-18(20-11-19(17)20)23(22)25(27)30/h1-10,17-20,22-23H,11-12H2/t17-,18-,19-,20-,22+,23+/m0/s1. The summed E-state index contributed by atoms with van der Waals surface area (Å²) in [5.41, 5.74) is 1.09. The number of ether oxygens (including phenoxy) is 1. The van der Waals surface area contributed by atoms with E-state index in [1.807, 2.05) is 0 Å². The molecule has 0 radical (unpaired) electrons. The number of halogens is 1. The first kappa shape index (κ1) is 18.8. The summed E-state index contributed by atoms with van der Waals surface area (Å²) in [6.45, 7) is -0.107. The molecule has 1 aliphatic heterocycles. The minimum absolute atomic E-state index is 0.0775. The lowest BCUT2D eigenvalue weighted by Gasteiger charge is -2.37. The van der Waals surface area contributed by atoms with Crippen LogP contribution in [0.15, 0.2) is 60.7 Å². The Labute approximate surface area is 184 Å². The zero-order chi connectivity index (χ0) is 21.3. The highest BCUT2D eigenvalue weighted by atomic mass is 35.5. The Kier molecular flexibility index (Phi) is 4.12. The summed E-state index contributed by atoms with van der Waals surface area (Å²) >= 11 is 5.85. The number of carbonyl (C=O) groups excluding carboxylic acids is 3. The van der Waals surface area contributed by atoms with E-state index in [4.69, 9.17) is 16.3 Å². The predicted octanol–water partition coefficient (Wildman–Crippen LogP) is 4.16. The van der Waals surface area contributed by atoms with E-state index in [-0.39, 0.29) is 47.9 Å². The molecule has 6 heteroatoms. The van der Waals surface area contributed by atoms with Crippen LogP contribution in [0.4, 0.5) is 5.69 Å². The van der Waals surface area contributed by atoms with Gasteiger partial charge in [0.05, 0.1) is 17.5 Å². The Balaban J connectivity index is 1.16. The number of hydrogen-bond donors (Lipinski definition) is 0. The normalized spacial score (nSPS) is 32.1. The van der Waals surface area contributed by atoms with Crippen molar-refractivity contribution in [2.24, 2.45) is 35.5 Å². The Morgan fingerprint density at radius 2 is 1.48 bits per heavy atom. The summed E-state index contributed by atoms with van der Waals surface area (Å²) in [5, 5.41) is 0.569. The van der Waals surface area contributed by atoms with Crippen LogP contribution in [0.1, 0.15) is 16.8 Å². The van der Waals surface area contributed by atoms with Gasteiger partial charge in [0.15, 0.2) is 12.4 Å². The van der Waals surface area contributed by atoms with E-state index in [2.05, 4.69) is 12.2 Å². The number of rotatable bonds is 5. The number of nitrogens with zero attached hydrogens (tertiary/aromatic N) is 1. The van der Waals surface area contributed by atoms with Crippen LogP contribution < -0.4 is 9.64 Å². The van der Waals surface area contributed by atoms with E-state index in [0.29, 0.717) is 33.9 Å². The van der Waals surface area contributed by atoms with Crippen molar-refractivity contribution in [2.75, 3.05) is 11.5 Å². The van der Waals surface area contributed by atoms with Crippen LogP contribution in [-0.4, -0.2) is 24.2 Å². The minimum Gasteiger partial charge on any atom is -0.485 e. The fourth-order valence-electron chi connectivity index (χ4n) is 5.77. The van der Waals surface area contributed by atoms with Gasteiger partial charge in [0.1, 0.15) is 5.75 Å². The molecule has 0 N–H and O–H groups in total. The third kappa shape index (κ3) is 2.87. The van der Waals surface area contributed by atoms with Crippen LogP contribution in [0.5, 0.6) is 5.75 Å². The molecule has 6 atom stereocenters. The molecule has 2 aromatic carbocycles. The molecular weight excluding hydrogens is 414 g/mol. The van der Waals surface area contributed by atoms with E-state index in [1.165, 1.54) is 4.90 Å². The van der Waals surface area contributed by atoms with Gasteiger partial charge in [-0.3, -0.25) is 19.3 Å². The molecule has 2 bridgehead atoms. The van der Waals surface area contributed by atoms with E-state index in [9.17, 15) is 14.4 Å². The molecule has 0 spiro atoms. The summed E-state index contributed by atoms with van der Waals surface area (Å²) in [7, 11) is 0. The fraction of sp³-hybridized carbons (Fsp3) is 0.320. The third-order valence-electron chi connectivity index (χ3n) is 7.29. The predicted molar refractivity (Wildman–Crippen MR) is 115 cm³/mol. The Hall–Kier alpha value is -2.92. The molecule has 4 aliphatic carbocycles. The van der Waals surface area contributed by atoms with Gasteiger partial charge in [-0.1, -0.05) is 23.8 Å². The lowest BCUT2D eigenvalue weighted by atomic mass is 9.63. The van der Waals surface area contributed by atoms with Gasteiger partial charge < -0.3 is 4.74 Å². The van der Waals surface area contributed by atoms with E-state index in [1.54, 1.807) is 48.5 Å². The topological polar surface area (TPSA) is 63.7 Å². The van der Waals surface area contributed by atoms with Gasteiger partial charge in [-0.25, -0.2) is 0 Å². The lowest BCUT2D eigenvalue weighted by molar-refractivity contribution is -0.124. The molecule has 1 heterocycles. The number of allylic oxidation sites excluding steroid dienone is 2. The second kappa shape index (κ2) is 6.79. The summed E-state index contributed by atoms with van der Waals surface area (Å²) in [4.78, 5) is 40.0. The molecule has 5 aliphatic rings. The van der Waals surface area contributed by atoms with Crippen molar-refractivity contribution in [1.82, 2.24) is 0 Å². The van der Waals surface area contributed by atoms with Gasteiger partial charge >= 0.3 is 0 Å². The van der Waals surface area contributed by atoms with Crippen LogP contribution in [0, 0.1) is 35.5 Å². The first-order valence-corrected chi connectivity index (χ1v) is 11.0. The molecule has 31 heavy (non-hydrogen) atoms. The first-order valence-electron chi connectivity index (χ1n) is 10.6. The van der Waals surface area contributed by atoms with Crippen molar-refractivity contribution < 1.29 is 19.1 Å². The van der Waals surface area contributed by atoms with Crippen molar-refractivity contribution in [2.45, 2.75) is 6.42 Å². The molecular formula is C25H20ClNO4. The summed E-state index contributed by atoms with van der Waals surface area (Å²) in [6, 6.07) is 13.5. The molecule has 0 aromatic heterocycles. The van der Waals surface area contributed by atoms with Crippen LogP contribution >= 0.6 is 11.6 Å². The molecule has 2 amide bonds. The molecule has 1 saturated heterocycles. The molecule has 2 aromatic rings. The van der Waals surface area contributed by atoms with Gasteiger partial charge in [-0.2, -0.15) is 0 Å². The summed E-state index contributed by atoms with van der Waals surface area (Å²) in [6.07, 6.45) is 5.49. The van der Waals surface area contributed by atoms with Gasteiger partial charge in [0.25, 0.3) is 0 Å². The third-order valence-corrected chi connectivity index (χ3v) is 7.55. The van der Waals surface area contributed by atoms with E-state index >= 15 is 0 Å². The lowest BCUT2D eigenvalue weighted by Crippen LogP contribution is -2.40. The zero-order valence-electron chi connectivity index (χ0n) is 16.6. The number of anilines is 1. The van der Waals surface area contributed by atoms with Gasteiger partial charge in [0.2, 0.25) is 11.8 Å². The number of benzene rings is 2. The number of Topliss-reactive ketones (excluding diaryl/α,β-unsaturated/α-hetero) is 1. The van der Waals surface area contributed by atoms with E-state index in [0.717, 1.165) is 6.42 Å². The highest BCUT2D eigenvalue weighted by Crippen LogP contribution is 2.65. The Morgan fingerprint density at radius 3 is 2.06 bits per heavy atom. The monoisotopic (exact) mass is 433 g/mol. The van der Waals surface area contributed by atoms with Crippen LogP contribution in [0.25, 0.3) is 0 Å². The summed E-state index contributed by atoms with van der Waals surface area (Å²) < 4.78 is 5.60. The molecule has 5 nitrogen and oxygen atoms in total. The van der Waals surface area contributed by atoms with E-state index < -0.39 is 0 Å². The first-order chi connectivity index (χ1) is 15.0. The van der Waals surface area contributed by atoms with Gasteiger partial charge in [-0.05, 0) is 78.6 Å². The highest BCUT2D eigenvalue weighted by Gasteiger charge is 2.67. The van der Waals surface area contributed by atoms with Crippen LogP contribution in [0.2, 0.25) is 5.02 Å². The van der Waals surface area contributed by atoms with Crippen molar-refractivity contribution in [3.63, 3.8) is 0 Å². The second-order valence-corrected chi connectivity index (χ2v) is 9.32. The smallest absolute Gasteiger partial charge is 0.238 e. The number of hydrogen-bond acceptors (Lipinski definition) is 4. The number of ketones is 1. The fourth-order valence-corrected chi connectivity index (χ4v) is 5.90. The molecule has 7 rings (SSSR count). The van der Waals surface area contributed by atoms with Gasteiger partial charge in [0, 0.05) is 10.6 Å². The maximum Gasteiger partial charge on any atom is 0.238 e. The SMILES string of the molecule is O=C(COc1ccc(N2C(=O)[C@@H]3[C@H]4C=C[C@@H]([C@@H]5C[C@@H]45)[C@H]3C2=O)cc1)c1ccc(Cl)cc1. The second-order valence-electron chi connectivity index (χ2n) is 8.88.